The van der Waals surface area contributed by atoms with E-state index in [1.807, 2.05) is 0 Å². The molecule has 2 fully saturated rings. The lowest BCUT2D eigenvalue weighted by Crippen LogP contribution is -2.24. The predicted molar refractivity (Wildman–Crippen MR) is 77.4 cm³/mol. The van der Waals surface area contributed by atoms with Crippen molar-refractivity contribution >= 4 is 5.65 Å². The quantitative estimate of drug-likeness (QED) is 0.906. The van der Waals surface area contributed by atoms with E-state index in [1.165, 1.54) is 12.0 Å². The van der Waals surface area contributed by atoms with Crippen molar-refractivity contribution in [3.05, 3.63) is 35.8 Å². The molecule has 0 radical (unpaired) electrons. The number of fused-ring (bicyclic) bond motifs is 2. The molecule has 4 nitrogen and oxygen atoms in total. The Bertz CT molecular complexity index is 636. The van der Waals surface area contributed by atoms with Gasteiger partial charge in [-0.15, -0.1) is 0 Å². The van der Waals surface area contributed by atoms with E-state index in [9.17, 15) is 5.11 Å². The van der Waals surface area contributed by atoms with Crippen molar-refractivity contribution in [2.45, 2.75) is 32.4 Å². The summed E-state index contributed by atoms with van der Waals surface area (Å²) in [6.07, 6.45) is 6.30. The highest BCUT2D eigenvalue weighted by atomic mass is 16.3. The molecule has 1 aliphatic carbocycles. The van der Waals surface area contributed by atoms with Crippen LogP contribution in [0.2, 0.25) is 0 Å². The summed E-state index contributed by atoms with van der Waals surface area (Å²) in [5.41, 5.74) is 3.41. The minimum absolute atomic E-state index is 0.0756. The maximum Gasteiger partial charge on any atom is 0.139 e. The zero-order valence-corrected chi connectivity index (χ0v) is 11.9. The molecule has 1 N–H and O–H groups in total. The second-order valence-electron chi connectivity index (χ2n) is 6.42. The molecule has 106 valence electrons. The van der Waals surface area contributed by atoms with Crippen LogP contribution in [0.25, 0.3) is 5.65 Å². The molecule has 4 heteroatoms. The fourth-order valence-corrected chi connectivity index (χ4v) is 3.97. The van der Waals surface area contributed by atoms with Gasteiger partial charge in [-0.2, -0.15) is 0 Å². The number of aryl methyl sites for hydroxylation is 1. The Balaban J connectivity index is 1.53. The SMILES string of the molecule is Cc1cccn2cc(CN3CC4CCC(O)C4C3)nc12. The van der Waals surface area contributed by atoms with Gasteiger partial charge in [0.15, 0.2) is 0 Å². The fourth-order valence-electron chi connectivity index (χ4n) is 3.97. The number of aliphatic hydroxyl groups is 1. The molecule has 2 aromatic rings. The number of imidazole rings is 1. The molecule has 4 rings (SSSR count). The highest BCUT2D eigenvalue weighted by Crippen LogP contribution is 2.38. The van der Waals surface area contributed by atoms with Crippen LogP contribution in [0.4, 0.5) is 0 Å². The van der Waals surface area contributed by atoms with Gasteiger partial charge in [0.25, 0.3) is 0 Å². The standard InChI is InChI=1S/C16H21N3O/c1-11-3-2-6-19-9-13(17-16(11)19)8-18-7-12-4-5-15(20)14(12)10-18/h2-3,6,9,12,14-15,20H,4-5,7-8,10H2,1H3. The Morgan fingerprint density at radius 1 is 1.35 bits per heavy atom. The third kappa shape index (κ3) is 1.95. The third-order valence-electron chi connectivity index (χ3n) is 5.01. The normalized spacial score (nSPS) is 30.2. The van der Waals surface area contributed by atoms with Crippen molar-refractivity contribution in [1.29, 1.82) is 0 Å². The van der Waals surface area contributed by atoms with Crippen LogP contribution in [0.1, 0.15) is 24.1 Å². The van der Waals surface area contributed by atoms with Gasteiger partial charge in [-0.05, 0) is 37.3 Å². The van der Waals surface area contributed by atoms with E-state index in [0.717, 1.165) is 37.4 Å². The second kappa shape index (κ2) is 4.57. The Hall–Kier alpha value is -1.39. The van der Waals surface area contributed by atoms with Gasteiger partial charge in [0.1, 0.15) is 5.65 Å². The summed E-state index contributed by atoms with van der Waals surface area (Å²) in [5.74, 6) is 1.19. The van der Waals surface area contributed by atoms with Crippen molar-refractivity contribution in [3.63, 3.8) is 0 Å². The maximum absolute atomic E-state index is 9.99. The summed E-state index contributed by atoms with van der Waals surface area (Å²) in [6.45, 7) is 5.15. The first kappa shape index (κ1) is 12.4. The van der Waals surface area contributed by atoms with Crippen molar-refractivity contribution in [2.24, 2.45) is 11.8 Å². The fraction of sp³-hybridized carbons (Fsp3) is 0.562. The monoisotopic (exact) mass is 271 g/mol. The average Bonchev–Trinajstić information content (AvgIpc) is 3.07. The number of rotatable bonds is 2. The zero-order valence-electron chi connectivity index (χ0n) is 11.9. The maximum atomic E-state index is 9.99. The minimum Gasteiger partial charge on any atom is -0.393 e. The van der Waals surface area contributed by atoms with Crippen LogP contribution in [0.5, 0.6) is 0 Å². The van der Waals surface area contributed by atoms with Gasteiger partial charge in [0.2, 0.25) is 0 Å². The third-order valence-corrected chi connectivity index (χ3v) is 5.01. The molecule has 0 aromatic carbocycles. The molecule has 1 saturated carbocycles. The van der Waals surface area contributed by atoms with Gasteiger partial charge in [-0.25, -0.2) is 4.98 Å². The molecule has 3 heterocycles. The van der Waals surface area contributed by atoms with E-state index in [1.54, 1.807) is 0 Å². The molecule has 0 amide bonds. The van der Waals surface area contributed by atoms with Crippen LogP contribution < -0.4 is 0 Å². The Morgan fingerprint density at radius 2 is 2.25 bits per heavy atom. The first-order valence-electron chi connectivity index (χ1n) is 7.54. The molecule has 0 spiro atoms. The molecule has 1 saturated heterocycles. The van der Waals surface area contributed by atoms with E-state index in [2.05, 4.69) is 40.8 Å². The topological polar surface area (TPSA) is 40.8 Å². The first-order valence-corrected chi connectivity index (χ1v) is 7.54. The molecule has 2 aliphatic rings. The van der Waals surface area contributed by atoms with Crippen LogP contribution in [-0.4, -0.2) is 38.6 Å². The lowest BCUT2D eigenvalue weighted by molar-refractivity contribution is 0.123. The molecular formula is C16H21N3O. The highest BCUT2D eigenvalue weighted by molar-refractivity contribution is 5.47. The van der Waals surface area contributed by atoms with Crippen molar-refractivity contribution in [3.8, 4) is 0 Å². The number of hydrogen-bond donors (Lipinski definition) is 1. The molecular weight excluding hydrogens is 250 g/mol. The summed E-state index contributed by atoms with van der Waals surface area (Å²) in [7, 11) is 0. The number of hydrogen-bond acceptors (Lipinski definition) is 3. The average molecular weight is 271 g/mol. The number of pyridine rings is 1. The van der Waals surface area contributed by atoms with E-state index in [4.69, 9.17) is 4.98 Å². The summed E-state index contributed by atoms with van der Waals surface area (Å²) >= 11 is 0. The molecule has 0 bridgehead atoms. The lowest BCUT2D eigenvalue weighted by Gasteiger charge is -2.16. The van der Waals surface area contributed by atoms with Crippen LogP contribution in [0.15, 0.2) is 24.5 Å². The van der Waals surface area contributed by atoms with Crippen LogP contribution in [0, 0.1) is 18.8 Å². The molecule has 2 aromatic heterocycles. The largest absolute Gasteiger partial charge is 0.393 e. The van der Waals surface area contributed by atoms with E-state index in [0.29, 0.717) is 11.8 Å². The van der Waals surface area contributed by atoms with Gasteiger partial charge >= 0.3 is 0 Å². The summed E-state index contributed by atoms with van der Waals surface area (Å²) in [4.78, 5) is 7.20. The Labute approximate surface area is 119 Å². The molecule has 3 unspecified atom stereocenters. The highest BCUT2D eigenvalue weighted by Gasteiger charge is 2.41. The predicted octanol–water partition coefficient (Wildman–Crippen LogP) is 1.85. The van der Waals surface area contributed by atoms with Gasteiger partial charge in [0.05, 0.1) is 11.8 Å². The summed E-state index contributed by atoms with van der Waals surface area (Å²) in [5, 5.41) is 9.99. The van der Waals surface area contributed by atoms with Gasteiger partial charge in [0, 0.05) is 37.9 Å². The Morgan fingerprint density at radius 3 is 3.05 bits per heavy atom. The van der Waals surface area contributed by atoms with Gasteiger partial charge < -0.3 is 9.51 Å². The number of nitrogens with zero attached hydrogens (tertiary/aromatic N) is 3. The van der Waals surface area contributed by atoms with Crippen molar-refractivity contribution in [2.75, 3.05) is 13.1 Å². The number of aliphatic hydroxyl groups excluding tert-OH is 1. The van der Waals surface area contributed by atoms with E-state index in [-0.39, 0.29) is 6.10 Å². The molecule has 1 aliphatic heterocycles. The van der Waals surface area contributed by atoms with Crippen molar-refractivity contribution < 1.29 is 5.11 Å². The van der Waals surface area contributed by atoms with Crippen LogP contribution >= 0.6 is 0 Å². The van der Waals surface area contributed by atoms with Crippen LogP contribution in [-0.2, 0) is 6.54 Å². The van der Waals surface area contributed by atoms with Crippen molar-refractivity contribution in [1.82, 2.24) is 14.3 Å². The van der Waals surface area contributed by atoms with Crippen LogP contribution in [0.3, 0.4) is 0 Å². The molecule has 3 atom stereocenters. The van der Waals surface area contributed by atoms with Gasteiger partial charge in [-0.3, -0.25) is 4.90 Å². The first-order chi connectivity index (χ1) is 9.70. The minimum atomic E-state index is -0.0756. The Kier molecular flexibility index (Phi) is 2.82. The summed E-state index contributed by atoms with van der Waals surface area (Å²) < 4.78 is 2.11. The summed E-state index contributed by atoms with van der Waals surface area (Å²) in [6, 6.07) is 4.16. The zero-order chi connectivity index (χ0) is 13.7. The lowest BCUT2D eigenvalue weighted by atomic mass is 10.00. The number of likely N-dealkylation sites (tertiary alicyclic amines) is 1. The second-order valence-corrected chi connectivity index (χ2v) is 6.42. The van der Waals surface area contributed by atoms with Gasteiger partial charge in [-0.1, -0.05) is 6.07 Å². The van der Waals surface area contributed by atoms with E-state index < -0.39 is 0 Å². The molecule has 20 heavy (non-hydrogen) atoms. The smallest absolute Gasteiger partial charge is 0.139 e. The number of aromatic nitrogens is 2. The van der Waals surface area contributed by atoms with E-state index >= 15 is 0 Å².